The fraction of sp³-hybridized carbons (Fsp3) is 0.438. The standard InChI is InChI=1S/C32H37.2ClH.Zr/c1-19-16-23-17-25-27(21-12-9-10-13-21)20(2)30(32(6,7)8)28(22-14-11-15-22)29(25)24(23)18-26(19)31(3,4)5;;;/h9-10,12,16,18H,11,13-15H2,1-8H3;2*1H;/q-1;;;+3/p-2. The Bertz CT molecular complexity index is 1440. The summed E-state index contributed by atoms with van der Waals surface area (Å²) in [5.74, 6) is 0. The molecule has 1 saturated carbocycles. The summed E-state index contributed by atoms with van der Waals surface area (Å²) in [6, 6.07) is 4.89. The van der Waals surface area contributed by atoms with Crippen LogP contribution in [0, 0.1) is 24.3 Å². The number of hydrogen-bond donors (Lipinski definition) is 0. The van der Waals surface area contributed by atoms with Crippen molar-refractivity contribution in [2.45, 2.75) is 91.9 Å². The predicted octanol–water partition coefficient (Wildman–Crippen LogP) is 0.888. The van der Waals surface area contributed by atoms with Crippen LogP contribution in [0.25, 0.3) is 17.2 Å². The average Bonchev–Trinajstić information content (AvgIpc) is 3.24. The first-order valence-corrected chi connectivity index (χ1v) is 12.3. The van der Waals surface area contributed by atoms with Crippen LogP contribution in [0.1, 0.15) is 101 Å². The Morgan fingerprint density at radius 3 is 2.00 bits per heavy atom. The number of fused-ring (bicyclic) bond motifs is 2. The summed E-state index contributed by atoms with van der Waals surface area (Å²) in [6.07, 6.45) is 15.6. The van der Waals surface area contributed by atoms with Crippen molar-refractivity contribution in [1.82, 2.24) is 0 Å². The van der Waals surface area contributed by atoms with Crippen LogP contribution in [0.3, 0.4) is 0 Å². The maximum absolute atomic E-state index is 3.92. The maximum Gasteiger partial charge on any atom is 3.00 e. The molecule has 2 aromatic carbocycles. The molecular formula is C32H37Cl2Zr. The maximum atomic E-state index is 3.92. The van der Waals surface area contributed by atoms with Crippen molar-refractivity contribution in [2.24, 2.45) is 0 Å². The zero-order valence-electron chi connectivity index (χ0n) is 22.5. The Hall–Kier alpha value is -0.877. The van der Waals surface area contributed by atoms with Crippen LogP contribution < -0.4 is 35.3 Å². The number of aryl methyl sites for hydroxylation is 1. The van der Waals surface area contributed by atoms with Crippen LogP contribution in [0.2, 0.25) is 0 Å². The van der Waals surface area contributed by atoms with Crippen molar-refractivity contribution >= 4 is 17.2 Å². The molecular weight excluding hydrogens is 546 g/mol. The van der Waals surface area contributed by atoms with Crippen LogP contribution in [-0.2, 0) is 37.0 Å². The van der Waals surface area contributed by atoms with E-state index in [9.17, 15) is 0 Å². The van der Waals surface area contributed by atoms with Gasteiger partial charge in [-0.1, -0.05) is 104 Å². The van der Waals surface area contributed by atoms with E-state index in [1.165, 1.54) is 68.3 Å². The molecule has 0 aromatic heterocycles. The zero-order chi connectivity index (χ0) is 23.0. The van der Waals surface area contributed by atoms with Crippen LogP contribution in [0.15, 0.2) is 30.4 Å². The van der Waals surface area contributed by atoms with Crippen molar-refractivity contribution in [2.75, 3.05) is 0 Å². The molecule has 0 atom stereocenters. The fourth-order valence-electron chi connectivity index (χ4n) is 6.16. The summed E-state index contributed by atoms with van der Waals surface area (Å²) in [4.78, 5) is 0. The van der Waals surface area contributed by atoms with Crippen LogP contribution >= 0.6 is 0 Å². The number of hydrogen-bond acceptors (Lipinski definition) is 0. The fourth-order valence-corrected chi connectivity index (χ4v) is 6.16. The van der Waals surface area contributed by atoms with Gasteiger partial charge in [-0.25, -0.2) is 0 Å². The molecule has 2 aromatic rings. The molecule has 3 aliphatic rings. The van der Waals surface area contributed by atoms with E-state index >= 15 is 0 Å². The second-order valence-corrected chi connectivity index (χ2v) is 12.1. The van der Waals surface area contributed by atoms with Gasteiger partial charge in [-0.2, -0.15) is 0 Å². The summed E-state index contributed by atoms with van der Waals surface area (Å²) >= 11 is 0. The first kappa shape index (κ1) is 30.3. The van der Waals surface area contributed by atoms with Crippen LogP contribution in [0.5, 0.6) is 0 Å². The van der Waals surface area contributed by atoms with Crippen molar-refractivity contribution in [1.29, 1.82) is 0 Å². The molecule has 0 aliphatic heterocycles. The minimum atomic E-state index is 0. The van der Waals surface area contributed by atoms with Crippen LogP contribution in [-0.4, -0.2) is 0 Å². The Labute approximate surface area is 243 Å². The molecule has 3 heteroatoms. The molecule has 35 heavy (non-hydrogen) atoms. The summed E-state index contributed by atoms with van der Waals surface area (Å²) in [6.45, 7) is 18.8. The molecule has 0 nitrogen and oxygen atoms in total. The molecule has 1 radical (unpaired) electrons. The average molecular weight is 584 g/mol. The third kappa shape index (κ3) is 5.00. The minimum Gasteiger partial charge on any atom is -1.00 e. The molecule has 0 unspecified atom stereocenters. The van der Waals surface area contributed by atoms with Crippen LogP contribution in [0.4, 0.5) is 0 Å². The van der Waals surface area contributed by atoms with Gasteiger partial charge < -0.3 is 24.8 Å². The van der Waals surface area contributed by atoms with Gasteiger partial charge in [0.05, 0.1) is 0 Å². The second kappa shape index (κ2) is 10.5. The van der Waals surface area contributed by atoms with E-state index in [1.807, 2.05) is 0 Å². The van der Waals surface area contributed by atoms with Crippen molar-refractivity contribution in [3.05, 3.63) is 84.6 Å². The summed E-state index contributed by atoms with van der Waals surface area (Å²) in [5.41, 5.74) is 12.0. The van der Waals surface area contributed by atoms with Crippen molar-refractivity contribution in [3.63, 3.8) is 0 Å². The number of allylic oxidation sites excluding steroid dienone is 4. The monoisotopic (exact) mass is 581 g/mol. The van der Waals surface area contributed by atoms with E-state index in [1.54, 1.807) is 16.4 Å². The zero-order valence-corrected chi connectivity index (χ0v) is 26.4. The largest absolute Gasteiger partial charge is 3.00 e. The molecule has 3 aliphatic carbocycles. The number of rotatable bonds is 1. The van der Waals surface area contributed by atoms with Gasteiger partial charge in [0, 0.05) is 0 Å². The number of benzene rings is 2. The molecule has 183 valence electrons. The molecule has 0 amide bonds. The molecule has 0 bridgehead atoms. The van der Waals surface area contributed by atoms with Crippen molar-refractivity contribution < 1.29 is 51.0 Å². The molecule has 1 fully saturated rings. The number of halogens is 2. The van der Waals surface area contributed by atoms with E-state index in [4.69, 9.17) is 0 Å². The van der Waals surface area contributed by atoms with Gasteiger partial charge in [-0.15, -0.1) is 33.4 Å². The normalized spacial score (nSPS) is 15.7. The van der Waals surface area contributed by atoms with E-state index < -0.39 is 0 Å². The van der Waals surface area contributed by atoms with Gasteiger partial charge in [-0.3, -0.25) is 0 Å². The summed E-state index contributed by atoms with van der Waals surface area (Å²) in [7, 11) is 0. The van der Waals surface area contributed by atoms with E-state index in [-0.39, 0.29) is 61.8 Å². The molecule has 0 spiro atoms. The van der Waals surface area contributed by atoms with Gasteiger partial charge in [-0.05, 0) is 55.9 Å². The SMILES string of the molecule is Cc1cc2c(cc1C(C)(C)C)=c1c(c(C3=CC=CC3)c(C)c(C(C)(C)C)c1=C1CCC1)[C-]=2.[Cl-].[Cl-].[Zr+3]. The van der Waals surface area contributed by atoms with Gasteiger partial charge in [0.2, 0.25) is 0 Å². The summed E-state index contributed by atoms with van der Waals surface area (Å²) in [5, 5.41) is 5.72. The Kier molecular flexibility index (Phi) is 9.08. The van der Waals surface area contributed by atoms with Gasteiger partial charge >= 0.3 is 26.2 Å². The second-order valence-electron chi connectivity index (χ2n) is 12.1. The third-order valence-electron chi connectivity index (χ3n) is 7.60. The molecule has 0 heterocycles. The predicted molar refractivity (Wildman–Crippen MR) is 138 cm³/mol. The Morgan fingerprint density at radius 2 is 1.51 bits per heavy atom. The smallest absolute Gasteiger partial charge is 1.00 e. The minimum absolute atomic E-state index is 0. The first-order chi connectivity index (χ1) is 15.0. The van der Waals surface area contributed by atoms with E-state index in [0.29, 0.717) is 0 Å². The van der Waals surface area contributed by atoms with E-state index in [0.717, 1.165) is 6.42 Å². The quantitative estimate of drug-likeness (QED) is 0.374. The topological polar surface area (TPSA) is 0 Å². The van der Waals surface area contributed by atoms with Crippen molar-refractivity contribution in [3.8, 4) is 0 Å². The van der Waals surface area contributed by atoms with Gasteiger partial charge in [0.15, 0.2) is 0 Å². The molecule has 5 rings (SSSR count). The first-order valence-electron chi connectivity index (χ1n) is 12.3. The summed E-state index contributed by atoms with van der Waals surface area (Å²) < 4.78 is 0. The van der Waals surface area contributed by atoms with Gasteiger partial charge in [0.25, 0.3) is 0 Å². The Balaban J connectivity index is 0.00000144. The van der Waals surface area contributed by atoms with Gasteiger partial charge in [0.1, 0.15) is 0 Å². The van der Waals surface area contributed by atoms with E-state index in [2.05, 4.69) is 91.8 Å². The Morgan fingerprint density at radius 1 is 0.857 bits per heavy atom. The molecule has 0 N–H and O–H groups in total. The third-order valence-corrected chi connectivity index (χ3v) is 7.60. The molecule has 0 saturated heterocycles.